The number of rotatable bonds is 3. The Morgan fingerprint density at radius 2 is 2.06 bits per heavy atom. The number of halogens is 1. The fraction of sp³-hybridized carbons (Fsp3) is 0.286. The lowest BCUT2D eigenvalue weighted by molar-refractivity contribution is -0.115. The summed E-state index contributed by atoms with van der Waals surface area (Å²) in [7, 11) is 1.36. The van der Waals surface area contributed by atoms with Crippen molar-refractivity contribution in [2.45, 2.75) is 6.42 Å². The third kappa shape index (κ3) is 4.72. The van der Waals surface area contributed by atoms with E-state index in [1.807, 2.05) is 4.90 Å². The average Bonchev–Trinajstić information content (AvgIpc) is 2.97. The van der Waals surface area contributed by atoms with E-state index >= 15 is 0 Å². The Kier molecular flexibility index (Phi) is 6.35. The first kappa shape index (κ1) is 21.8. The zero-order valence-electron chi connectivity index (χ0n) is 17.2. The molecule has 166 valence electrons. The van der Waals surface area contributed by atoms with Crippen molar-refractivity contribution >= 4 is 40.9 Å². The molecule has 1 aromatic carbocycles. The van der Waals surface area contributed by atoms with Crippen molar-refractivity contribution in [1.29, 1.82) is 0 Å². The first-order chi connectivity index (χ1) is 15.4. The van der Waals surface area contributed by atoms with Gasteiger partial charge in [0.2, 0.25) is 0 Å². The van der Waals surface area contributed by atoms with Crippen molar-refractivity contribution in [3.63, 3.8) is 0 Å². The Hall–Kier alpha value is -3.47. The summed E-state index contributed by atoms with van der Waals surface area (Å²) < 4.78 is 19.4. The quantitative estimate of drug-likeness (QED) is 0.702. The maximum atomic E-state index is 14.6. The molecule has 0 atom stereocenters. The number of carbonyl (C=O) groups is 3. The number of amides is 3. The van der Waals surface area contributed by atoms with Crippen LogP contribution in [-0.4, -0.2) is 65.4 Å². The van der Waals surface area contributed by atoms with Gasteiger partial charge in [-0.05, 0) is 42.0 Å². The minimum absolute atomic E-state index is 0.231. The van der Waals surface area contributed by atoms with Gasteiger partial charge in [0.1, 0.15) is 11.6 Å². The number of hydrogen-bond donors (Lipinski definition) is 1. The molecule has 2 aliphatic heterocycles. The SMILES string of the molecule is COC(=O)N1CCCN(c2cncc(-c3cc(/C=C4/SC(=O)NC4=O)ccc3F)n2)CC1. The summed E-state index contributed by atoms with van der Waals surface area (Å²) in [6.45, 7) is 2.27. The zero-order chi connectivity index (χ0) is 22.7. The minimum atomic E-state index is -0.481. The van der Waals surface area contributed by atoms with Crippen LogP contribution in [0.5, 0.6) is 0 Å². The van der Waals surface area contributed by atoms with Gasteiger partial charge in [-0.25, -0.2) is 14.2 Å². The number of nitrogens with one attached hydrogen (secondary N) is 1. The number of aromatic nitrogens is 2. The molecule has 0 bridgehead atoms. The van der Waals surface area contributed by atoms with Gasteiger partial charge in [0.15, 0.2) is 0 Å². The van der Waals surface area contributed by atoms with E-state index in [0.717, 1.165) is 18.2 Å². The van der Waals surface area contributed by atoms with E-state index in [2.05, 4.69) is 15.3 Å². The molecular weight excluding hydrogens is 437 g/mol. The molecule has 0 spiro atoms. The Morgan fingerprint density at radius 1 is 1.22 bits per heavy atom. The highest BCUT2D eigenvalue weighted by molar-refractivity contribution is 8.18. The summed E-state index contributed by atoms with van der Waals surface area (Å²) in [5.41, 5.74) is 1.13. The lowest BCUT2D eigenvalue weighted by Gasteiger charge is -2.22. The van der Waals surface area contributed by atoms with E-state index in [-0.39, 0.29) is 16.6 Å². The molecule has 3 amide bonds. The van der Waals surface area contributed by atoms with Crippen LogP contribution < -0.4 is 10.2 Å². The van der Waals surface area contributed by atoms with Crippen LogP contribution in [0.1, 0.15) is 12.0 Å². The van der Waals surface area contributed by atoms with E-state index < -0.39 is 17.0 Å². The van der Waals surface area contributed by atoms with Crippen LogP contribution in [0.15, 0.2) is 35.5 Å². The molecule has 9 nitrogen and oxygen atoms in total. The van der Waals surface area contributed by atoms with Gasteiger partial charge in [0, 0.05) is 31.7 Å². The predicted octanol–water partition coefficient (Wildman–Crippen LogP) is 2.89. The third-order valence-corrected chi connectivity index (χ3v) is 5.89. The predicted molar refractivity (Wildman–Crippen MR) is 117 cm³/mol. The summed E-state index contributed by atoms with van der Waals surface area (Å²) >= 11 is 0.798. The molecule has 0 unspecified atom stereocenters. The number of hydrogen-bond acceptors (Lipinski definition) is 8. The molecule has 3 heterocycles. The molecule has 1 N–H and O–H groups in total. The van der Waals surface area contributed by atoms with Crippen molar-refractivity contribution in [2.75, 3.05) is 38.2 Å². The van der Waals surface area contributed by atoms with Crippen LogP contribution in [0.4, 0.5) is 19.8 Å². The average molecular weight is 457 g/mol. The topological polar surface area (TPSA) is 105 Å². The Morgan fingerprint density at radius 3 is 2.81 bits per heavy atom. The van der Waals surface area contributed by atoms with Crippen molar-refractivity contribution < 1.29 is 23.5 Å². The summed E-state index contributed by atoms with van der Waals surface area (Å²) in [5.74, 6) is -0.380. The van der Waals surface area contributed by atoms with Gasteiger partial charge in [0.25, 0.3) is 11.1 Å². The largest absolute Gasteiger partial charge is 0.453 e. The van der Waals surface area contributed by atoms with Crippen LogP contribution in [-0.2, 0) is 9.53 Å². The third-order valence-electron chi connectivity index (χ3n) is 5.08. The van der Waals surface area contributed by atoms with Crippen LogP contribution in [0.25, 0.3) is 17.3 Å². The van der Waals surface area contributed by atoms with Gasteiger partial charge in [-0.1, -0.05) is 6.07 Å². The normalized spacial score (nSPS) is 18.0. The van der Waals surface area contributed by atoms with Gasteiger partial charge < -0.3 is 14.5 Å². The summed E-state index contributed by atoms with van der Waals surface area (Å²) in [4.78, 5) is 47.6. The molecule has 32 heavy (non-hydrogen) atoms. The molecule has 1 aromatic heterocycles. The first-order valence-corrected chi connectivity index (χ1v) is 10.7. The van der Waals surface area contributed by atoms with Crippen LogP contribution in [0.2, 0.25) is 0 Å². The molecule has 11 heteroatoms. The van der Waals surface area contributed by atoms with Crippen LogP contribution in [0.3, 0.4) is 0 Å². The monoisotopic (exact) mass is 457 g/mol. The Balaban J connectivity index is 1.58. The summed E-state index contributed by atoms with van der Waals surface area (Å²) in [6.07, 6.45) is 4.97. The Bertz CT molecular complexity index is 1110. The molecule has 0 radical (unpaired) electrons. The molecular formula is C21H20FN5O4S. The van der Waals surface area contributed by atoms with Gasteiger partial charge in [0.05, 0.1) is 30.1 Å². The van der Waals surface area contributed by atoms with E-state index in [1.165, 1.54) is 31.5 Å². The minimum Gasteiger partial charge on any atom is -0.453 e. The number of ether oxygens (including phenoxy) is 1. The lowest BCUT2D eigenvalue weighted by Crippen LogP contribution is -2.35. The summed E-state index contributed by atoms with van der Waals surface area (Å²) in [6, 6.07) is 4.37. The van der Waals surface area contributed by atoms with Gasteiger partial charge >= 0.3 is 6.09 Å². The first-order valence-electron chi connectivity index (χ1n) is 9.89. The number of thioether (sulfide) groups is 1. The highest BCUT2D eigenvalue weighted by Crippen LogP contribution is 2.29. The number of nitrogens with zero attached hydrogens (tertiary/aromatic N) is 4. The molecule has 2 aromatic rings. The molecule has 4 rings (SSSR count). The van der Waals surface area contributed by atoms with E-state index in [0.29, 0.717) is 43.3 Å². The molecule has 2 saturated heterocycles. The molecule has 2 aliphatic rings. The van der Waals surface area contributed by atoms with E-state index in [9.17, 15) is 18.8 Å². The standard InChI is InChI=1S/C21H20FN5O4S/c1-31-21(30)27-6-2-5-26(7-8-27)18-12-23-11-16(24-18)14-9-13(3-4-15(14)22)10-17-19(28)25-20(29)32-17/h3-4,9-12H,2,5-8H2,1H3,(H,25,28,29)/b17-10+. The second-order valence-corrected chi connectivity index (χ2v) is 8.17. The van der Waals surface area contributed by atoms with Gasteiger partial charge in [-0.3, -0.25) is 19.9 Å². The maximum Gasteiger partial charge on any atom is 0.409 e. The van der Waals surface area contributed by atoms with E-state index in [4.69, 9.17) is 4.74 Å². The van der Waals surface area contributed by atoms with Gasteiger partial charge in [-0.15, -0.1) is 0 Å². The number of benzene rings is 1. The second-order valence-electron chi connectivity index (χ2n) is 7.15. The number of anilines is 1. The molecule has 2 fully saturated rings. The highest BCUT2D eigenvalue weighted by atomic mass is 32.2. The van der Waals surface area contributed by atoms with E-state index in [1.54, 1.807) is 17.2 Å². The summed E-state index contributed by atoms with van der Waals surface area (Å²) in [5, 5.41) is 1.75. The number of carbonyl (C=O) groups excluding carboxylic acids is 3. The van der Waals surface area contributed by atoms with Crippen molar-refractivity contribution in [3.05, 3.63) is 46.9 Å². The van der Waals surface area contributed by atoms with Crippen molar-refractivity contribution in [3.8, 4) is 11.3 Å². The van der Waals surface area contributed by atoms with Crippen molar-refractivity contribution in [1.82, 2.24) is 20.2 Å². The van der Waals surface area contributed by atoms with Crippen molar-refractivity contribution in [2.24, 2.45) is 0 Å². The zero-order valence-corrected chi connectivity index (χ0v) is 18.0. The lowest BCUT2D eigenvalue weighted by atomic mass is 10.1. The fourth-order valence-electron chi connectivity index (χ4n) is 3.50. The van der Waals surface area contributed by atoms with Crippen LogP contribution >= 0.6 is 11.8 Å². The number of methoxy groups -OCH3 is 1. The number of imide groups is 1. The highest BCUT2D eigenvalue weighted by Gasteiger charge is 2.25. The Labute approximate surface area is 187 Å². The molecule has 0 saturated carbocycles. The molecule has 0 aliphatic carbocycles. The smallest absolute Gasteiger partial charge is 0.409 e. The second kappa shape index (κ2) is 9.35. The van der Waals surface area contributed by atoms with Crippen LogP contribution in [0, 0.1) is 5.82 Å². The fourth-order valence-corrected chi connectivity index (χ4v) is 4.18. The van der Waals surface area contributed by atoms with Gasteiger partial charge in [-0.2, -0.15) is 0 Å². The maximum absolute atomic E-state index is 14.6.